The van der Waals surface area contributed by atoms with Crippen molar-refractivity contribution in [2.75, 3.05) is 13.2 Å². The third kappa shape index (κ3) is 7.47. The standard InChI is InChI=1S/C40H52O5Si2/c1-8-29-40(43,31-45-47(39(5,6)7,34-25-17-11-18-26-34)35-27-19-12-20-28-35)37(42)36(41)30-44-46(38(2,3)4,32-21-13-9-14-22-32)33-23-15-10-16-24-33/h8-28,36-37,41-43H,1,29-31H2,2-7H3/t36-,37+,40-/m1/s1. The molecule has 3 N–H and O–H groups in total. The Hall–Kier alpha value is -3.15. The zero-order chi connectivity index (χ0) is 34.3. The van der Waals surface area contributed by atoms with Gasteiger partial charge in [-0.1, -0.05) is 169 Å². The molecule has 5 nitrogen and oxygen atoms in total. The maximum absolute atomic E-state index is 12.2. The summed E-state index contributed by atoms with van der Waals surface area (Å²) in [6, 6.07) is 40.6. The fourth-order valence-electron chi connectivity index (χ4n) is 6.93. The topological polar surface area (TPSA) is 79.2 Å². The molecule has 0 aromatic heterocycles. The lowest BCUT2D eigenvalue weighted by molar-refractivity contribution is -0.147. The number of aliphatic hydroxyl groups is 3. The van der Waals surface area contributed by atoms with E-state index in [-0.39, 0.29) is 29.7 Å². The Bertz CT molecular complexity index is 1460. The molecule has 250 valence electrons. The lowest BCUT2D eigenvalue weighted by atomic mass is 9.90. The molecule has 0 saturated heterocycles. The highest BCUT2D eigenvalue weighted by Gasteiger charge is 2.54. The van der Waals surface area contributed by atoms with Crippen LogP contribution < -0.4 is 20.7 Å². The van der Waals surface area contributed by atoms with Crippen LogP contribution in [0.5, 0.6) is 0 Å². The van der Waals surface area contributed by atoms with Crippen molar-refractivity contribution < 1.29 is 24.2 Å². The fraction of sp³-hybridized carbons (Fsp3) is 0.350. The van der Waals surface area contributed by atoms with Crippen LogP contribution in [0.25, 0.3) is 0 Å². The van der Waals surface area contributed by atoms with Crippen LogP contribution in [0.2, 0.25) is 10.1 Å². The molecule has 0 bridgehead atoms. The summed E-state index contributed by atoms with van der Waals surface area (Å²) in [5.41, 5.74) is -1.83. The largest absolute Gasteiger partial charge is 0.405 e. The molecule has 0 radical (unpaired) electrons. The fourth-order valence-corrected chi connectivity index (χ4v) is 16.1. The molecule has 0 unspecified atom stereocenters. The van der Waals surface area contributed by atoms with E-state index in [0.29, 0.717) is 0 Å². The first-order valence-electron chi connectivity index (χ1n) is 16.4. The van der Waals surface area contributed by atoms with Crippen molar-refractivity contribution >= 4 is 37.4 Å². The Kier molecular flexibility index (Phi) is 11.7. The summed E-state index contributed by atoms with van der Waals surface area (Å²) in [5.74, 6) is 0. The zero-order valence-corrected chi connectivity index (χ0v) is 30.8. The van der Waals surface area contributed by atoms with E-state index in [1.807, 2.05) is 72.8 Å². The van der Waals surface area contributed by atoms with Crippen LogP contribution in [0.3, 0.4) is 0 Å². The zero-order valence-electron chi connectivity index (χ0n) is 28.8. The van der Waals surface area contributed by atoms with E-state index in [9.17, 15) is 15.3 Å². The van der Waals surface area contributed by atoms with Gasteiger partial charge in [0.05, 0.1) is 13.2 Å². The van der Waals surface area contributed by atoms with E-state index in [4.69, 9.17) is 8.85 Å². The van der Waals surface area contributed by atoms with Crippen molar-refractivity contribution in [1.82, 2.24) is 0 Å². The van der Waals surface area contributed by atoms with E-state index >= 15 is 0 Å². The van der Waals surface area contributed by atoms with E-state index in [1.165, 1.54) is 0 Å². The van der Waals surface area contributed by atoms with Crippen molar-refractivity contribution in [2.24, 2.45) is 0 Å². The Morgan fingerprint density at radius 3 is 1.21 bits per heavy atom. The van der Waals surface area contributed by atoms with Crippen LogP contribution in [0.1, 0.15) is 48.0 Å². The molecule has 4 aromatic rings. The second-order valence-electron chi connectivity index (χ2n) is 14.5. The molecule has 4 aromatic carbocycles. The van der Waals surface area contributed by atoms with Gasteiger partial charge in [0, 0.05) is 0 Å². The van der Waals surface area contributed by atoms with Crippen molar-refractivity contribution in [3.05, 3.63) is 134 Å². The molecule has 7 heteroatoms. The van der Waals surface area contributed by atoms with Gasteiger partial charge in [0.2, 0.25) is 0 Å². The molecule has 0 heterocycles. The van der Waals surface area contributed by atoms with Gasteiger partial charge in [-0.2, -0.15) is 0 Å². The summed E-state index contributed by atoms with van der Waals surface area (Å²) < 4.78 is 14.0. The molecule has 4 rings (SSSR count). The number of aliphatic hydroxyl groups excluding tert-OH is 2. The molecule has 3 atom stereocenters. The summed E-state index contributed by atoms with van der Waals surface area (Å²) in [7, 11) is -6.04. The summed E-state index contributed by atoms with van der Waals surface area (Å²) in [5, 5.41) is 39.2. The molecule has 0 fully saturated rings. The monoisotopic (exact) mass is 668 g/mol. The van der Waals surface area contributed by atoms with Crippen molar-refractivity contribution in [1.29, 1.82) is 0 Å². The number of rotatable bonds is 14. The van der Waals surface area contributed by atoms with Crippen LogP contribution in [-0.2, 0) is 8.85 Å². The molecule has 0 saturated carbocycles. The molecular weight excluding hydrogens is 617 g/mol. The van der Waals surface area contributed by atoms with Gasteiger partial charge in [-0.3, -0.25) is 0 Å². The normalized spacial score (nSPS) is 15.4. The minimum absolute atomic E-state index is 0.0165. The van der Waals surface area contributed by atoms with Gasteiger partial charge in [0.25, 0.3) is 16.6 Å². The molecule has 0 spiro atoms. The first-order chi connectivity index (χ1) is 22.2. The lowest BCUT2D eigenvalue weighted by Gasteiger charge is -2.46. The third-order valence-corrected chi connectivity index (χ3v) is 19.2. The molecule has 0 aliphatic carbocycles. The van der Waals surface area contributed by atoms with E-state index in [2.05, 4.69) is 96.7 Å². The van der Waals surface area contributed by atoms with Gasteiger partial charge >= 0.3 is 0 Å². The average molecular weight is 669 g/mol. The summed E-state index contributed by atoms with van der Waals surface area (Å²) in [6.45, 7) is 16.5. The smallest absolute Gasteiger partial charge is 0.261 e. The van der Waals surface area contributed by atoms with E-state index < -0.39 is 34.4 Å². The third-order valence-electron chi connectivity index (χ3n) is 9.26. The van der Waals surface area contributed by atoms with Crippen LogP contribution in [-0.4, -0.2) is 63.0 Å². The predicted octanol–water partition coefficient (Wildman–Crippen LogP) is 5.17. The minimum atomic E-state index is -3.04. The second-order valence-corrected chi connectivity index (χ2v) is 23.1. The number of hydrogen-bond donors (Lipinski definition) is 3. The van der Waals surface area contributed by atoms with Gasteiger partial charge in [-0.25, -0.2) is 0 Å². The second kappa shape index (κ2) is 15.0. The Morgan fingerprint density at radius 2 is 0.915 bits per heavy atom. The molecule has 0 aliphatic rings. The average Bonchev–Trinajstić information content (AvgIpc) is 3.06. The number of benzene rings is 4. The Balaban J connectivity index is 1.70. The van der Waals surface area contributed by atoms with Crippen LogP contribution >= 0.6 is 0 Å². The summed E-state index contributed by atoms with van der Waals surface area (Å²) in [4.78, 5) is 0. The van der Waals surface area contributed by atoms with Gasteiger partial charge in [-0.15, -0.1) is 6.58 Å². The SMILES string of the molecule is C=CC[C@@](O)(CO[Si](c1ccccc1)(c1ccccc1)C(C)(C)C)[C@@H](O)[C@H](O)CO[Si](c1ccccc1)(c1ccccc1)C(C)(C)C. The predicted molar refractivity (Wildman–Crippen MR) is 199 cm³/mol. The van der Waals surface area contributed by atoms with E-state index in [1.54, 1.807) is 6.08 Å². The maximum Gasteiger partial charge on any atom is 0.261 e. The molecule has 47 heavy (non-hydrogen) atoms. The van der Waals surface area contributed by atoms with Crippen molar-refractivity contribution in [3.63, 3.8) is 0 Å². The molecule has 0 aliphatic heterocycles. The van der Waals surface area contributed by atoms with E-state index in [0.717, 1.165) is 20.7 Å². The van der Waals surface area contributed by atoms with Gasteiger partial charge < -0.3 is 24.2 Å². The minimum Gasteiger partial charge on any atom is -0.405 e. The molecular formula is C40H52O5Si2. The number of hydrogen-bond acceptors (Lipinski definition) is 5. The quantitative estimate of drug-likeness (QED) is 0.128. The Labute approximate surface area is 283 Å². The Morgan fingerprint density at radius 1 is 0.596 bits per heavy atom. The van der Waals surface area contributed by atoms with Gasteiger partial charge in [0.15, 0.2) is 0 Å². The van der Waals surface area contributed by atoms with Crippen LogP contribution in [0.4, 0.5) is 0 Å². The summed E-state index contributed by atoms with van der Waals surface area (Å²) in [6.07, 6.45) is -1.39. The highest BCUT2D eigenvalue weighted by molar-refractivity contribution is 7.00. The van der Waals surface area contributed by atoms with Gasteiger partial charge in [-0.05, 0) is 37.2 Å². The molecule has 0 amide bonds. The van der Waals surface area contributed by atoms with Gasteiger partial charge in [0.1, 0.15) is 17.8 Å². The maximum atomic E-state index is 12.2. The highest BCUT2D eigenvalue weighted by atomic mass is 28.4. The first kappa shape index (κ1) is 36.7. The van der Waals surface area contributed by atoms with Crippen LogP contribution in [0.15, 0.2) is 134 Å². The van der Waals surface area contributed by atoms with Crippen molar-refractivity contribution in [3.8, 4) is 0 Å². The highest BCUT2D eigenvalue weighted by Crippen LogP contribution is 2.39. The first-order valence-corrected chi connectivity index (χ1v) is 20.2. The summed E-state index contributed by atoms with van der Waals surface area (Å²) >= 11 is 0. The lowest BCUT2D eigenvalue weighted by Crippen LogP contribution is -2.69. The van der Waals surface area contributed by atoms with Crippen LogP contribution in [0, 0.1) is 0 Å². The van der Waals surface area contributed by atoms with Crippen molar-refractivity contribution in [2.45, 2.75) is 75.8 Å².